The minimum atomic E-state index is -0.261. The molecule has 0 spiro atoms. The molecule has 0 aliphatic carbocycles. The van der Waals surface area contributed by atoms with Crippen LogP contribution in [0.1, 0.15) is 43.4 Å². The van der Waals surface area contributed by atoms with Crippen LogP contribution in [-0.2, 0) is 11.3 Å². The first-order chi connectivity index (χ1) is 13.2. The Bertz CT molecular complexity index is 734. The van der Waals surface area contributed by atoms with Gasteiger partial charge >= 0.3 is 0 Å². The largest absolute Gasteiger partial charge is 0.494 e. The molecule has 6 heteroatoms. The third-order valence-electron chi connectivity index (χ3n) is 4.65. The Morgan fingerprint density at radius 3 is 2.59 bits per heavy atom. The number of hydrogen-bond donors (Lipinski definition) is 3. The Morgan fingerprint density at radius 2 is 1.89 bits per heavy atom. The Morgan fingerprint density at radius 1 is 1.15 bits per heavy atom. The first-order valence-electron chi connectivity index (χ1n) is 9.41. The number of carbonyl (C=O) groups excluding carboxylic acids is 1. The minimum Gasteiger partial charge on any atom is -0.494 e. The number of hydrazine groups is 1. The van der Waals surface area contributed by atoms with Gasteiger partial charge in [0.1, 0.15) is 11.8 Å². The first-order valence-corrected chi connectivity index (χ1v) is 9.79. The highest BCUT2D eigenvalue weighted by Gasteiger charge is 2.29. The van der Waals surface area contributed by atoms with Crippen LogP contribution >= 0.6 is 11.6 Å². The van der Waals surface area contributed by atoms with Gasteiger partial charge in [-0.3, -0.25) is 4.79 Å². The van der Waals surface area contributed by atoms with Crippen molar-refractivity contribution in [1.29, 1.82) is 0 Å². The van der Waals surface area contributed by atoms with Crippen LogP contribution in [0.4, 0.5) is 0 Å². The number of carbonyl (C=O) groups is 1. The van der Waals surface area contributed by atoms with Gasteiger partial charge in [-0.15, -0.1) is 0 Å². The molecule has 2 aromatic rings. The summed E-state index contributed by atoms with van der Waals surface area (Å²) in [5, 5.41) is 3.66. The molecule has 0 aromatic heterocycles. The summed E-state index contributed by atoms with van der Waals surface area (Å²) in [5.74, 6) is 0.870. The van der Waals surface area contributed by atoms with Crippen LogP contribution in [0.2, 0.25) is 5.02 Å². The monoisotopic (exact) mass is 387 g/mol. The summed E-state index contributed by atoms with van der Waals surface area (Å²) in [5.41, 5.74) is 8.46. The topological polar surface area (TPSA) is 62.4 Å². The molecule has 2 unspecified atom stereocenters. The lowest BCUT2D eigenvalue weighted by Crippen LogP contribution is -2.42. The standard InChI is InChI=1S/C21H26ClN3O2/c1-2-3-12-27-18-10-6-16(7-11-18)19-13-20(25-24-19)21(26)23-14-15-4-8-17(22)9-5-15/h4-11,19-20,24-25H,2-3,12-14H2,1H3,(H,23,26). The summed E-state index contributed by atoms with van der Waals surface area (Å²) in [6.45, 7) is 3.38. The molecule has 0 radical (unpaired) electrons. The zero-order valence-corrected chi connectivity index (χ0v) is 16.3. The van der Waals surface area contributed by atoms with Crippen LogP contribution in [0, 0.1) is 0 Å². The van der Waals surface area contributed by atoms with Crippen molar-refractivity contribution in [2.75, 3.05) is 6.61 Å². The smallest absolute Gasteiger partial charge is 0.238 e. The number of unbranched alkanes of at least 4 members (excludes halogenated alkanes) is 1. The van der Waals surface area contributed by atoms with E-state index in [0.29, 0.717) is 18.0 Å². The summed E-state index contributed by atoms with van der Waals surface area (Å²) < 4.78 is 5.70. The molecule has 5 nitrogen and oxygen atoms in total. The second-order valence-corrected chi connectivity index (χ2v) is 7.18. The second-order valence-electron chi connectivity index (χ2n) is 6.74. The summed E-state index contributed by atoms with van der Waals surface area (Å²) in [7, 11) is 0. The summed E-state index contributed by atoms with van der Waals surface area (Å²) in [6, 6.07) is 15.4. The average Bonchev–Trinajstić information content (AvgIpc) is 3.18. The van der Waals surface area contributed by atoms with Gasteiger partial charge in [0.05, 0.1) is 6.61 Å². The van der Waals surface area contributed by atoms with Gasteiger partial charge in [-0.2, -0.15) is 0 Å². The van der Waals surface area contributed by atoms with Crippen LogP contribution < -0.4 is 20.9 Å². The van der Waals surface area contributed by atoms with Gasteiger partial charge in [-0.1, -0.05) is 49.2 Å². The zero-order valence-electron chi connectivity index (χ0n) is 15.5. The fourth-order valence-electron chi connectivity index (χ4n) is 2.99. The van der Waals surface area contributed by atoms with Crippen LogP contribution in [0.5, 0.6) is 5.75 Å². The molecule has 2 atom stereocenters. The van der Waals surface area contributed by atoms with E-state index in [-0.39, 0.29) is 18.0 Å². The van der Waals surface area contributed by atoms with E-state index in [0.717, 1.165) is 36.3 Å². The SMILES string of the molecule is CCCCOc1ccc(C2CC(C(=O)NCc3ccc(Cl)cc3)NN2)cc1. The van der Waals surface area contributed by atoms with Crippen molar-refractivity contribution in [3.8, 4) is 5.75 Å². The molecule has 3 rings (SSSR count). The maximum Gasteiger partial charge on any atom is 0.238 e. The van der Waals surface area contributed by atoms with E-state index in [4.69, 9.17) is 16.3 Å². The molecule has 144 valence electrons. The van der Waals surface area contributed by atoms with Crippen molar-refractivity contribution in [2.45, 2.75) is 44.8 Å². The highest BCUT2D eigenvalue weighted by atomic mass is 35.5. The predicted molar refractivity (Wildman–Crippen MR) is 108 cm³/mol. The van der Waals surface area contributed by atoms with Gasteiger partial charge in [0, 0.05) is 17.6 Å². The van der Waals surface area contributed by atoms with Gasteiger partial charge < -0.3 is 10.1 Å². The molecule has 0 saturated carbocycles. The van der Waals surface area contributed by atoms with Crippen molar-refractivity contribution in [3.05, 3.63) is 64.7 Å². The maximum atomic E-state index is 12.4. The van der Waals surface area contributed by atoms with Crippen molar-refractivity contribution < 1.29 is 9.53 Å². The van der Waals surface area contributed by atoms with E-state index in [9.17, 15) is 4.79 Å². The van der Waals surface area contributed by atoms with Gasteiger partial charge in [0.25, 0.3) is 0 Å². The van der Waals surface area contributed by atoms with E-state index < -0.39 is 0 Å². The number of ether oxygens (including phenoxy) is 1. The Labute approximate surface area is 165 Å². The molecule has 1 amide bonds. The van der Waals surface area contributed by atoms with Crippen LogP contribution in [0.3, 0.4) is 0 Å². The molecular formula is C21H26ClN3O2. The lowest BCUT2D eigenvalue weighted by molar-refractivity contribution is -0.123. The Kier molecular flexibility index (Phi) is 7.10. The number of rotatable bonds is 8. The van der Waals surface area contributed by atoms with Gasteiger partial charge in [-0.05, 0) is 48.2 Å². The van der Waals surface area contributed by atoms with E-state index in [1.54, 1.807) is 0 Å². The van der Waals surface area contributed by atoms with Gasteiger partial charge in [-0.25, -0.2) is 10.9 Å². The molecule has 1 saturated heterocycles. The fraction of sp³-hybridized carbons (Fsp3) is 0.381. The predicted octanol–water partition coefficient (Wildman–Crippen LogP) is 3.74. The van der Waals surface area contributed by atoms with Crippen molar-refractivity contribution in [2.24, 2.45) is 0 Å². The van der Waals surface area contributed by atoms with Crippen molar-refractivity contribution in [1.82, 2.24) is 16.2 Å². The molecule has 2 aromatic carbocycles. The second kappa shape index (κ2) is 9.74. The third kappa shape index (κ3) is 5.70. The fourth-order valence-corrected chi connectivity index (χ4v) is 3.12. The quantitative estimate of drug-likeness (QED) is 0.604. The van der Waals surface area contributed by atoms with Gasteiger partial charge in [0.15, 0.2) is 0 Å². The minimum absolute atomic E-state index is 0.0144. The van der Waals surface area contributed by atoms with Crippen LogP contribution in [0.25, 0.3) is 0 Å². The third-order valence-corrected chi connectivity index (χ3v) is 4.90. The van der Waals surface area contributed by atoms with E-state index in [1.807, 2.05) is 36.4 Å². The average molecular weight is 388 g/mol. The molecule has 3 N–H and O–H groups in total. The van der Waals surface area contributed by atoms with Crippen molar-refractivity contribution in [3.63, 3.8) is 0 Å². The summed E-state index contributed by atoms with van der Waals surface area (Å²) in [4.78, 5) is 12.4. The molecule has 1 fully saturated rings. The molecule has 1 aliphatic rings. The van der Waals surface area contributed by atoms with Crippen LogP contribution in [0.15, 0.2) is 48.5 Å². The molecule has 0 bridgehead atoms. The van der Waals surface area contributed by atoms with Crippen LogP contribution in [-0.4, -0.2) is 18.6 Å². The Hall–Kier alpha value is -2.08. The molecule has 1 heterocycles. The summed E-state index contributed by atoms with van der Waals surface area (Å²) in [6.07, 6.45) is 2.88. The Balaban J connectivity index is 1.47. The number of benzene rings is 2. The number of nitrogens with one attached hydrogen (secondary N) is 3. The lowest BCUT2D eigenvalue weighted by atomic mass is 10.0. The van der Waals surface area contributed by atoms with E-state index in [1.165, 1.54) is 0 Å². The highest BCUT2D eigenvalue weighted by molar-refractivity contribution is 6.30. The number of halogens is 1. The van der Waals surface area contributed by atoms with E-state index in [2.05, 4.69) is 35.2 Å². The van der Waals surface area contributed by atoms with Gasteiger partial charge in [0.2, 0.25) is 5.91 Å². The number of amides is 1. The van der Waals surface area contributed by atoms with Crippen molar-refractivity contribution >= 4 is 17.5 Å². The highest BCUT2D eigenvalue weighted by Crippen LogP contribution is 2.24. The first kappa shape index (κ1) is 19.7. The molecular weight excluding hydrogens is 362 g/mol. The lowest BCUT2D eigenvalue weighted by Gasteiger charge is -2.12. The molecule has 27 heavy (non-hydrogen) atoms. The molecule has 1 aliphatic heterocycles. The maximum absolute atomic E-state index is 12.4. The zero-order chi connectivity index (χ0) is 19.1. The van der Waals surface area contributed by atoms with E-state index >= 15 is 0 Å². The normalized spacial score (nSPS) is 19.0. The summed E-state index contributed by atoms with van der Waals surface area (Å²) >= 11 is 5.88. The number of hydrogen-bond acceptors (Lipinski definition) is 4.